The van der Waals surface area contributed by atoms with Crippen molar-refractivity contribution in [1.82, 2.24) is 10.3 Å². The van der Waals surface area contributed by atoms with E-state index in [1.807, 2.05) is 51.1 Å². The second-order valence-corrected chi connectivity index (χ2v) is 9.79. The summed E-state index contributed by atoms with van der Waals surface area (Å²) in [5.41, 5.74) is 0.563. The van der Waals surface area contributed by atoms with E-state index < -0.39 is 29.6 Å². The van der Waals surface area contributed by atoms with Gasteiger partial charge < -0.3 is 19.6 Å². The number of nitrogens with one attached hydrogen (secondary N) is 1. The van der Waals surface area contributed by atoms with Gasteiger partial charge in [0.05, 0.1) is 6.26 Å². The highest BCUT2D eigenvalue weighted by Crippen LogP contribution is 2.32. The van der Waals surface area contributed by atoms with Crippen LogP contribution in [-0.2, 0) is 9.59 Å². The number of carbonyl (C=O) groups excluding carboxylic acids is 2. The summed E-state index contributed by atoms with van der Waals surface area (Å²) in [4.78, 5) is 41.7. The Labute approximate surface area is 239 Å². The molecular weight excluding hydrogens is 555 g/mol. The quantitative estimate of drug-likeness (QED) is 0.258. The first-order chi connectivity index (χ1) is 19.8. The number of para-hydroxylation sites is 1. The number of nitrogens with zero attached hydrogens (tertiary/aromatic N) is 2. The smallest absolute Gasteiger partial charge is 0.475 e. The molecule has 1 unspecified atom stereocenters. The number of hydrogen-bond donors (Lipinski definition) is 2. The number of carboxylic acids is 1. The number of rotatable bonds is 7. The minimum atomic E-state index is -5.08. The second kappa shape index (κ2) is 13.5. The number of halogens is 3. The summed E-state index contributed by atoms with van der Waals surface area (Å²) in [5.74, 6) is -2.14. The Hall–Kier alpha value is -5.13. The third kappa shape index (κ3) is 8.95. The summed E-state index contributed by atoms with van der Waals surface area (Å²) >= 11 is 0. The number of pyridine rings is 1. The van der Waals surface area contributed by atoms with E-state index in [0.29, 0.717) is 22.7 Å². The van der Waals surface area contributed by atoms with E-state index in [4.69, 9.17) is 19.1 Å². The first kappa shape index (κ1) is 31.4. The lowest BCUT2D eigenvalue weighted by Gasteiger charge is -2.33. The van der Waals surface area contributed by atoms with Crippen molar-refractivity contribution in [2.75, 3.05) is 4.90 Å². The molecule has 4 aromatic rings. The van der Waals surface area contributed by atoms with Crippen LogP contribution in [0, 0.1) is 0 Å². The average Bonchev–Trinajstić information content (AvgIpc) is 3.47. The molecular formula is C30H28F3N3O6. The topological polar surface area (TPSA) is 122 Å². The lowest BCUT2D eigenvalue weighted by Crippen LogP contribution is -2.49. The highest BCUT2D eigenvalue weighted by molar-refractivity contribution is 6.08. The number of alkyl halides is 3. The molecule has 42 heavy (non-hydrogen) atoms. The third-order valence-corrected chi connectivity index (χ3v) is 5.29. The van der Waals surface area contributed by atoms with Gasteiger partial charge in [-0.05, 0) is 75.4 Å². The number of aliphatic carboxylic acids is 1. The van der Waals surface area contributed by atoms with Crippen molar-refractivity contribution in [2.45, 2.75) is 38.5 Å². The molecule has 2 aromatic heterocycles. The zero-order chi connectivity index (χ0) is 30.9. The van der Waals surface area contributed by atoms with Gasteiger partial charge in [0.25, 0.3) is 5.91 Å². The van der Waals surface area contributed by atoms with Crippen LogP contribution in [0.2, 0.25) is 0 Å². The molecule has 1 atom stereocenters. The van der Waals surface area contributed by atoms with Crippen LogP contribution in [0.25, 0.3) is 0 Å². The van der Waals surface area contributed by atoms with Gasteiger partial charge in [-0.15, -0.1) is 0 Å². The fraction of sp³-hybridized carbons (Fsp3) is 0.200. The van der Waals surface area contributed by atoms with Crippen LogP contribution in [-0.4, -0.2) is 39.6 Å². The van der Waals surface area contributed by atoms with E-state index in [0.717, 1.165) is 0 Å². The van der Waals surface area contributed by atoms with Gasteiger partial charge in [-0.1, -0.05) is 24.3 Å². The Morgan fingerprint density at radius 1 is 0.905 bits per heavy atom. The third-order valence-electron chi connectivity index (χ3n) is 5.29. The monoisotopic (exact) mass is 583 g/mol. The molecule has 2 N–H and O–H groups in total. The first-order valence-corrected chi connectivity index (χ1v) is 12.5. The van der Waals surface area contributed by atoms with E-state index >= 15 is 0 Å². The van der Waals surface area contributed by atoms with E-state index in [9.17, 15) is 22.8 Å². The van der Waals surface area contributed by atoms with Crippen LogP contribution >= 0.6 is 0 Å². The van der Waals surface area contributed by atoms with Gasteiger partial charge >= 0.3 is 12.1 Å². The maximum Gasteiger partial charge on any atom is 0.490 e. The van der Waals surface area contributed by atoms with Crippen molar-refractivity contribution in [3.8, 4) is 11.5 Å². The molecule has 220 valence electrons. The van der Waals surface area contributed by atoms with Gasteiger partial charge in [0, 0.05) is 29.2 Å². The molecule has 0 aliphatic carbocycles. The maximum atomic E-state index is 13.7. The normalized spacial score (nSPS) is 11.9. The van der Waals surface area contributed by atoms with Gasteiger partial charge in [0.15, 0.2) is 5.76 Å². The van der Waals surface area contributed by atoms with Crippen LogP contribution in [0.4, 0.5) is 18.9 Å². The van der Waals surface area contributed by atoms with Gasteiger partial charge in [-0.25, -0.2) is 4.79 Å². The molecule has 0 bridgehead atoms. The molecule has 0 fully saturated rings. The predicted octanol–water partition coefficient (Wildman–Crippen LogP) is 6.40. The Balaban J connectivity index is 0.000000616. The molecule has 2 aromatic carbocycles. The van der Waals surface area contributed by atoms with Crippen LogP contribution < -0.4 is 15.0 Å². The van der Waals surface area contributed by atoms with Gasteiger partial charge in [0.1, 0.15) is 17.5 Å². The van der Waals surface area contributed by atoms with Crippen LogP contribution in [0.1, 0.15) is 42.9 Å². The van der Waals surface area contributed by atoms with Crippen molar-refractivity contribution in [3.63, 3.8) is 0 Å². The number of carboxylic acid groups (broad SMARTS) is 1. The van der Waals surface area contributed by atoms with Crippen molar-refractivity contribution < 1.29 is 41.8 Å². The molecule has 0 radical (unpaired) electrons. The van der Waals surface area contributed by atoms with Crippen molar-refractivity contribution >= 4 is 23.5 Å². The highest BCUT2D eigenvalue weighted by atomic mass is 19.4. The molecule has 9 nitrogen and oxygen atoms in total. The van der Waals surface area contributed by atoms with Crippen LogP contribution in [0.3, 0.4) is 0 Å². The fourth-order valence-corrected chi connectivity index (χ4v) is 3.60. The number of benzene rings is 2. The fourth-order valence-electron chi connectivity index (χ4n) is 3.60. The molecule has 0 aliphatic rings. The summed E-state index contributed by atoms with van der Waals surface area (Å²) in [6.45, 7) is 5.67. The number of aromatic nitrogens is 1. The standard InChI is InChI=1S/C28H27N3O4.C2HF3O2/c1-28(2,3)30-26(32)25(20-9-7-17-29-19-20)31(27(33)24-12-8-18-34-24)21-13-15-23(16-14-21)35-22-10-5-4-6-11-22;3-2(4,5)1(6)7/h4-19,25H,1-3H3,(H,30,32);(H,6,7). The number of hydrogen-bond acceptors (Lipinski definition) is 6. The Kier molecular flexibility index (Phi) is 10.1. The molecule has 0 spiro atoms. The van der Waals surface area contributed by atoms with Gasteiger partial charge in [-0.3, -0.25) is 19.5 Å². The van der Waals surface area contributed by atoms with E-state index in [1.54, 1.807) is 60.9 Å². The van der Waals surface area contributed by atoms with E-state index in [-0.39, 0.29) is 11.7 Å². The molecule has 2 amide bonds. The zero-order valence-electron chi connectivity index (χ0n) is 22.8. The minimum Gasteiger partial charge on any atom is -0.475 e. The first-order valence-electron chi connectivity index (χ1n) is 12.5. The van der Waals surface area contributed by atoms with Crippen molar-refractivity contribution in [1.29, 1.82) is 0 Å². The maximum absolute atomic E-state index is 13.7. The molecule has 0 saturated carbocycles. The number of ether oxygens (including phenoxy) is 1. The summed E-state index contributed by atoms with van der Waals surface area (Å²) < 4.78 is 43.0. The average molecular weight is 584 g/mol. The largest absolute Gasteiger partial charge is 0.490 e. The number of carbonyl (C=O) groups is 3. The van der Waals surface area contributed by atoms with E-state index in [2.05, 4.69) is 10.3 Å². The number of furan rings is 1. The van der Waals surface area contributed by atoms with Gasteiger partial charge in [0.2, 0.25) is 5.91 Å². The summed E-state index contributed by atoms with van der Waals surface area (Å²) in [7, 11) is 0. The Morgan fingerprint density at radius 2 is 1.52 bits per heavy atom. The molecule has 0 saturated heterocycles. The predicted molar refractivity (Wildman–Crippen MR) is 147 cm³/mol. The van der Waals surface area contributed by atoms with Gasteiger partial charge in [-0.2, -0.15) is 13.2 Å². The Morgan fingerprint density at radius 3 is 2.02 bits per heavy atom. The molecule has 0 aliphatic heterocycles. The lowest BCUT2D eigenvalue weighted by atomic mass is 10.0. The summed E-state index contributed by atoms with van der Waals surface area (Å²) in [6.07, 6.45) is -0.449. The molecule has 2 heterocycles. The van der Waals surface area contributed by atoms with E-state index in [1.165, 1.54) is 11.2 Å². The number of anilines is 1. The second-order valence-electron chi connectivity index (χ2n) is 9.79. The SMILES string of the molecule is CC(C)(C)NC(=O)C(c1cccnc1)N(C(=O)c1ccco1)c1ccc(Oc2ccccc2)cc1.O=C(O)C(F)(F)F. The zero-order valence-corrected chi connectivity index (χ0v) is 22.8. The van der Waals surface area contributed by atoms with Crippen LogP contribution in [0.5, 0.6) is 11.5 Å². The summed E-state index contributed by atoms with van der Waals surface area (Å²) in [6, 6.07) is 22.1. The summed E-state index contributed by atoms with van der Waals surface area (Å²) in [5, 5.41) is 10.1. The van der Waals surface area contributed by atoms with Crippen molar-refractivity contribution in [3.05, 3.63) is 109 Å². The minimum absolute atomic E-state index is 0.118. The van der Waals surface area contributed by atoms with Crippen LogP contribution in [0.15, 0.2) is 102 Å². The van der Waals surface area contributed by atoms with Crippen molar-refractivity contribution in [2.24, 2.45) is 0 Å². The molecule has 12 heteroatoms. The molecule has 4 rings (SSSR count). The lowest BCUT2D eigenvalue weighted by molar-refractivity contribution is -0.192. The highest BCUT2D eigenvalue weighted by Gasteiger charge is 2.38. The number of amides is 2. The Bertz CT molecular complexity index is 1450.